The standard InChI is InChI=1S/C20H34N4O2.HI/c1-5-21-20(23-15-17(3)24-10-12-26-13-11-24)22-14-16(2)18-8-6-7-9-19(18)25-4;/h6-9,16-17H,5,10-15H2,1-4H3,(H2,21,22,23);1H. The van der Waals surface area contributed by atoms with Crippen molar-refractivity contribution in [1.82, 2.24) is 15.5 Å². The Kier molecular flexibility index (Phi) is 11.7. The average molecular weight is 490 g/mol. The van der Waals surface area contributed by atoms with Gasteiger partial charge in [-0.1, -0.05) is 25.1 Å². The molecule has 27 heavy (non-hydrogen) atoms. The highest BCUT2D eigenvalue weighted by Gasteiger charge is 2.17. The van der Waals surface area contributed by atoms with E-state index in [0.717, 1.165) is 57.6 Å². The maximum Gasteiger partial charge on any atom is 0.191 e. The first-order chi connectivity index (χ1) is 12.7. The lowest BCUT2D eigenvalue weighted by Crippen LogP contribution is -2.44. The molecule has 0 bridgehead atoms. The van der Waals surface area contributed by atoms with Gasteiger partial charge in [-0.3, -0.25) is 9.89 Å². The minimum absolute atomic E-state index is 0. The number of methoxy groups -OCH3 is 1. The Morgan fingerprint density at radius 3 is 2.59 bits per heavy atom. The lowest BCUT2D eigenvalue weighted by molar-refractivity contribution is 0.0220. The van der Waals surface area contributed by atoms with Crippen molar-refractivity contribution >= 4 is 29.9 Å². The normalized spacial score (nSPS) is 17.6. The van der Waals surface area contributed by atoms with Gasteiger partial charge >= 0.3 is 0 Å². The third-order valence-electron chi connectivity index (χ3n) is 4.77. The summed E-state index contributed by atoms with van der Waals surface area (Å²) in [7, 11) is 1.72. The molecule has 0 spiro atoms. The fraction of sp³-hybridized carbons (Fsp3) is 0.650. The molecule has 1 aliphatic rings. The molecule has 2 unspecified atom stereocenters. The summed E-state index contributed by atoms with van der Waals surface area (Å²) >= 11 is 0. The number of para-hydroxylation sites is 1. The molecule has 0 radical (unpaired) electrons. The second-order valence-electron chi connectivity index (χ2n) is 6.74. The van der Waals surface area contributed by atoms with Crippen LogP contribution in [0.15, 0.2) is 29.3 Å². The van der Waals surface area contributed by atoms with Crippen LogP contribution in [0.3, 0.4) is 0 Å². The van der Waals surface area contributed by atoms with Crippen LogP contribution in [0, 0.1) is 0 Å². The van der Waals surface area contributed by atoms with Crippen molar-refractivity contribution in [3.05, 3.63) is 29.8 Å². The number of guanidine groups is 1. The van der Waals surface area contributed by atoms with Crippen LogP contribution in [-0.4, -0.2) is 69.9 Å². The second kappa shape index (κ2) is 13.2. The van der Waals surface area contributed by atoms with Gasteiger partial charge in [0.1, 0.15) is 5.75 Å². The van der Waals surface area contributed by atoms with Crippen molar-refractivity contribution in [2.75, 3.05) is 53.0 Å². The number of benzene rings is 1. The van der Waals surface area contributed by atoms with Gasteiger partial charge in [0.15, 0.2) is 5.96 Å². The first kappa shape index (κ1) is 24.0. The predicted molar refractivity (Wildman–Crippen MR) is 123 cm³/mol. The number of nitrogens with one attached hydrogen (secondary N) is 2. The average Bonchev–Trinajstić information content (AvgIpc) is 2.70. The van der Waals surface area contributed by atoms with E-state index in [0.29, 0.717) is 12.0 Å². The van der Waals surface area contributed by atoms with Crippen LogP contribution in [0.1, 0.15) is 32.3 Å². The molecule has 0 aromatic heterocycles. The van der Waals surface area contributed by atoms with Gasteiger partial charge in [0.2, 0.25) is 0 Å². The Hall–Kier alpha value is -1.06. The van der Waals surface area contributed by atoms with Gasteiger partial charge in [-0.2, -0.15) is 0 Å². The topological polar surface area (TPSA) is 58.1 Å². The van der Waals surface area contributed by atoms with Crippen LogP contribution < -0.4 is 15.4 Å². The van der Waals surface area contributed by atoms with E-state index >= 15 is 0 Å². The van der Waals surface area contributed by atoms with E-state index in [4.69, 9.17) is 14.5 Å². The van der Waals surface area contributed by atoms with E-state index in [1.54, 1.807) is 7.11 Å². The van der Waals surface area contributed by atoms with Gasteiger partial charge < -0.3 is 20.1 Å². The molecular formula is C20H35IN4O2. The van der Waals surface area contributed by atoms with E-state index in [9.17, 15) is 0 Å². The van der Waals surface area contributed by atoms with E-state index in [2.05, 4.69) is 48.4 Å². The zero-order valence-electron chi connectivity index (χ0n) is 17.0. The number of hydrogen-bond acceptors (Lipinski definition) is 4. The number of rotatable bonds is 8. The van der Waals surface area contributed by atoms with Crippen LogP contribution in [-0.2, 0) is 4.74 Å². The number of hydrogen-bond donors (Lipinski definition) is 2. The smallest absolute Gasteiger partial charge is 0.191 e. The highest BCUT2D eigenvalue weighted by Crippen LogP contribution is 2.25. The van der Waals surface area contributed by atoms with E-state index in [1.807, 2.05) is 12.1 Å². The Labute approximate surface area is 181 Å². The highest BCUT2D eigenvalue weighted by atomic mass is 127. The maximum atomic E-state index is 5.48. The fourth-order valence-electron chi connectivity index (χ4n) is 3.13. The third kappa shape index (κ3) is 7.83. The minimum atomic E-state index is 0. The summed E-state index contributed by atoms with van der Waals surface area (Å²) < 4.78 is 10.9. The molecule has 154 valence electrons. The summed E-state index contributed by atoms with van der Waals surface area (Å²) in [5.41, 5.74) is 1.21. The van der Waals surface area contributed by atoms with Crippen molar-refractivity contribution in [2.45, 2.75) is 32.7 Å². The van der Waals surface area contributed by atoms with Gasteiger partial charge in [0, 0.05) is 38.1 Å². The van der Waals surface area contributed by atoms with Crippen LogP contribution in [0.25, 0.3) is 0 Å². The molecular weight excluding hydrogens is 455 g/mol. The van der Waals surface area contributed by atoms with E-state index < -0.39 is 0 Å². The molecule has 0 saturated carbocycles. The molecule has 1 fully saturated rings. The fourth-order valence-corrected chi connectivity index (χ4v) is 3.13. The van der Waals surface area contributed by atoms with E-state index in [-0.39, 0.29) is 24.0 Å². The molecule has 1 aromatic carbocycles. The SMILES string of the molecule is CCNC(=NCC(C)N1CCOCC1)NCC(C)c1ccccc1OC.I. The monoisotopic (exact) mass is 490 g/mol. The number of halogens is 1. The van der Waals surface area contributed by atoms with Gasteiger partial charge in [-0.05, 0) is 25.5 Å². The summed E-state index contributed by atoms with van der Waals surface area (Å²) in [4.78, 5) is 7.22. The molecule has 2 rings (SSSR count). The summed E-state index contributed by atoms with van der Waals surface area (Å²) in [6.07, 6.45) is 0. The Morgan fingerprint density at radius 1 is 1.22 bits per heavy atom. The van der Waals surface area contributed by atoms with Crippen LogP contribution in [0.5, 0.6) is 5.75 Å². The first-order valence-electron chi connectivity index (χ1n) is 9.62. The van der Waals surface area contributed by atoms with Gasteiger partial charge in [-0.25, -0.2) is 0 Å². The van der Waals surface area contributed by atoms with Crippen molar-refractivity contribution in [1.29, 1.82) is 0 Å². The first-order valence-corrected chi connectivity index (χ1v) is 9.62. The molecule has 1 saturated heterocycles. The Morgan fingerprint density at radius 2 is 1.93 bits per heavy atom. The molecule has 6 nitrogen and oxygen atoms in total. The number of morpholine rings is 1. The predicted octanol–water partition coefficient (Wildman–Crippen LogP) is 2.69. The number of ether oxygens (including phenoxy) is 2. The zero-order chi connectivity index (χ0) is 18.8. The molecule has 2 N–H and O–H groups in total. The second-order valence-corrected chi connectivity index (χ2v) is 6.74. The maximum absolute atomic E-state index is 5.48. The number of nitrogens with zero attached hydrogens (tertiary/aromatic N) is 2. The summed E-state index contributed by atoms with van der Waals surface area (Å²) in [5, 5.41) is 6.81. The lowest BCUT2D eigenvalue weighted by Gasteiger charge is -2.31. The van der Waals surface area contributed by atoms with Crippen molar-refractivity contribution < 1.29 is 9.47 Å². The quantitative estimate of drug-likeness (QED) is 0.334. The van der Waals surface area contributed by atoms with Crippen LogP contribution in [0.4, 0.5) is 0 Å². The summed E-state index contributed by atoms with van der Waals surface area (Å²) in [6, 6.07) is 8.60. The van der Waals surface area contributed by atoms with Crippen molar-refractivity contribution in [3.63, 3.8) is 0 Å². The van der Waals surface area contributed by atoms with Crippen LogP contribution in [0.2, 0.25) is 0 Å². The summed E-state index contributed by atoms with van der Waals surface area (Å²) in [5.74, 6) is 2.13. The molecule has 1 aliphatic heterocycles. The Balaban J connectivity index is 0.00000364. The molecule has 2 atom stereocenters. The van der Waals surface area contributed by atoms with Gasteiger partial charge in [0.05, 0.1) is 26.9 Å². The number of aliphatic imine (C=N–C) groups is 1. The van der Waals surface area contributed by atoms with Crippen LogP contribution >= 0.6 is 24.0 Å². The van der Waals surface area contributed by atoms with Crippen molar-refractivity contribution in [3.8, 4) is 5.75 Å². The molecule has 0 aliphatic carbocycles. The summed E-state index contributed by atoms with van der Waals surface area (Å²) in [6.45, 7) is 12.6. The lowest BCUT2D eigenvalue weighted by atomic mass is 10.0. The van der Waals surface area contributed by atoms with Gasteiger partial charge in [0.25, 0.3) is 0 Å². The zero-order valence-corrected chi connectivity index (χ0v) is 19.4. The minimum Gasteiger partial charge on any atom is -0.496 e. The molecule has 0 amide bonds. The Bertz CT molecular complexity index is 565. The van der Waals surface area contributed by atoms with E-state index in [1.165, 1.54) is 5.56 Å². The molecule has 1 aromatic rings. The molecule has 7 heteroatoms. The largest absolute Gasteiger partial charge is 0.496 e. The molecule has 1 heterocycles. The third-order valence-corrected chi connectivity index (χ3v) is 4.77. The van der Waals surface area contributed by atoms with Gasteiger partial charge in [-0.15, -0.1) is 24.0 Å². The van der Waals surface area contributed by atoms with Crippen molar-refractivity contribution in [2.24, 2.45) is 4.99 Å². The highest BCUT2D eigenvalue weighted by molar-refractivity contribution is 14.0.